The minimum atomic E-state index is -0.690. The van der Waals surface area contributed by atoms with E-state index in [1.807, 2.05) is 24.3 Å². The van der Waals surface area contributed by atoms with Crippen molar-refractivity contribution >= 4 is 11.8 Å². The highest BCUT2D eigenvalue weighted by molar-refractivity contribution is 5.97. The predicted molar refractivity (Wildman–Crippen MR) is 75.0 cm³/mol. The minimum absolute atomic E-state index is 0.147. The Morgan fingerprint density at radius 3 is 2.16 bits per heavy atom. The van der Waals surface area contributed by atoms with Gasteiger partial charge in [0.15, 0.2) is 0 Å². The summed E-state index contributed by atoms with van der Waals surface area (Å²) in [6.07, 6.45) is 0.409. The normalized spacial score (nSPS) is 12.3. The van der Waals surface area contributed by atoms with E-state index in [0.717, 1.165) is 5.56 Å². The summed E-state index contributed by atoms with van der Waals surface area (Å²) in [5.74, 6) is -0.790. The molecule has 19 heavy (non-hydrogen) atoms. The highest BCUT2D eigenvalue weighted by atomic mass is 16.5. The molecule has 0 bridgehead atoms. The van der Waals surface area contributed by atoms with Crippen LogP contribution in [0.4, 0.5) is 0 Å². The van der Waals surface area contributed by atoms with Gasteiger partial charge in [0, 0.05) is 0 Å². The Morgan fingerprint density at radius 2 is 1.74 bits per heavy atom. The molecule has 3 heteroatoms. The Labute approximate surface area is 115 Å². The summed E-state index contributed by atoms with van der Waals surface area (Å²) in [6, 6.07) is 8.04. The van der Waals surface area contributed by atoms with Crippen molar-refractivity contribution in [1.29, 1.82) is 0 Å². The molecule has 0 aliphatic rings. The van der Waals surface area contributed by atoms with Crippen LogP contribution in [0.3, 0.4) is 0 Å². The maximum absolute atomic E-state index is 11.7. The van der Waals surface area contributed by atoms with Gasteiger partial charge in [-0.2, -0.15) is 0 Å². The molecular formula is C16H22O3. The third-order valence-corrected chi connectivity index (χ3v) is 3.15. The number of ether oxygens (including phenoxy) is 1. The molecule has 0 saturated carbocycles. The first-order chi connectivity index (χ1) is 8.95. The molecule has 0 radical (unpaired) electrons. The summed E-state index contributed by atoms with van der Waals surface area (Å²) in [4.78, 5) is 23.3. The van der Waals surface area contributed by atoms with Crippen LogP contribution in [0.2, 0.25) is 0 Å². The summed E-state index contributed by atoms with van der Waals surface area (Å²) >= 11 is 0. The predicted octanol–water partition coefficient (Wildman–Crippen LogP) is 3.12. The van der Waals surface area contributed by atoms with Crippen LogP contribution in [0.25, 0.3) is 0 Å². The van der Waals surface area contributed by atoms with E-state index < -0.39 is 11.9 Å². The van der Waals surface area contributed by atoms with E-state index in [4.69, 9.17) is 4.74 Å². The molecule has 0 fully saturated rings. The van der Waals surface area contributed by atoms with Gasteiger partial charge in [-0.3, -0.25) is 9.59 Å². The Morgan fingerprint density at radius 1 is 1.16 bits per heavy atom. The first kappa shape index (κ1) is 15.4. The number of carbonyl (C=O) groups excluding carboxylic acids is 2. The Bertz CT molecular complexity index is 432. The van der Waals surface area contributed by atoms with E-state index in [1.165, 1.54) is 12.5 Å². The summed E-state index contributed by atoms with van der Waals surface area (Å²) in [6.45, 7) is 7.74. The van der Waals surface area contributed by atoms with Crippen molar-refractivity contribution in [3.63, 3.8) is 0 Å². The quantitative estimate of drug-likeness (QED) is 0.584. The molecule has 1 atom stereocenters. The van der Waals surface area contributed by atoms with E-state index in [2.05, 4.69) is 13.8 Å². The SMILES string of the molecule is CCOC(=O)C(Cc1ccc(C(C)C)cc1)C(C)=O. The van der Waals surface area contributed by atoms with Crippen molar-refractivity contribution in [2.45, 2.75) is 40.0 Å². The van der Waals surface area contributed by atoms with Gasteiger partial charge in [-0.05, 0) is 37.3 Å². The molecule has 3 nitrogen and oxygen atoms in total. The lowest BCUT2D eigenvalue weighted by Gasteiger charge is -2.13. The average molecular weight is 262 g/mol. The van der Waals surface area contributed by atoms with Gasteiger partial charge in [0.25, 0.3) is 0 Å². The number of esters is 1. The van der Waals surface area contributed by atoms with Crippen molar-refractivity contribution in [3.05, 3.63) is 35.4 Å². The molecule has 1 rings (SSSR count). The van der Waals surface area contributed by atoms with Crippen LogP contribution in [0, 0.1) is 5.92 Å². The van der Waals surface area contributed by atoms with Gasteiger partial charge in [0.1, 0.15) is 11.7 Å². The summed E-state index contributed by atoms with van der Waals surface area (Å²) in [7, 11) is 0. The van der Waals surface area contributed by atoms with Crippen LogP contribution in [-0.4, -0.2) is 18.4 Å². The molecule has 0 amide bonds. The van der Waals surface area contributed by atoms with Gasteiger partial charge in [-0.25, -0.2) is 0 Å². The molecule has 0 aliphatic heterocycles. The van der Waals surface area contributed by atoms with Crippen molar-refractivity contribution < 1.29 is 14.3 Å². The fraction of sp³-hybridized carbons (Fsp3) is 0.500. The number of Topliss-reactive ketones (excluding diaryl/α,β-unsaturated/α-hetero) is 1. The zero-order valence-corrected chi connectivity index (χ0v) is 12.1. The van der Waals surface area contributed by atoms with Crippen LogP contribution in [-0.2, 0) is 20.7 Å². The first-order valence-electron chi connectivity index (χ1n) is 6.71. The monoisotopic (exact) mass is 262 g/mol. The van der Waals surface area contributed by atoms with Gasteiger partial charge in [0.05, 0.1) is 6.61 Å². The Kier molecular flexibility index (Phi) is 5.74. The van der Waals surface area contributed by atoms with Crippen molar-refractivity contribution in [3.8, 4) is 0 Å². The van der Waals surface area contributed by atoms with E-state index >= 15 is 0 Å². The van der Waals surface area contributed by atoms with Gasteiger partial charge >= 0.3 is 5.97 Å². The van der Waals surface area contributed by atoms with E-state index in [1.54, 1.807) is 6.92 Å². The molecule has 0 saturated heterocycles. The second-order valence-electron chi connectivity index (χ2n) is 5.02. The third kappa shape index (κ3) is 4.51. The third-order valence-electron chi connectivity index (χ3n) is 3.15. The number of hydrogen-bond donors (Lipinski definition) is 0. The zero-order valence-electron chi connectivity index (χ0n) is 12.1. The van der Waals surface area contributed by atoms with Crippen LogP contribution in [0.5, 0.6) is 0 Å². The number of ketones is 1. The maximum Gasteiger partial charge on any atom is 0.316 e. The van der Waals surface area contributed by atoms with Gasteiger partial charge in [0.2, 0.25) is 0 Å². The maximum atomic E-state index is 11.7. The van der Waals surface area contributed by atoms with Crippen LogP contribution in [0.15, 0.2) is 24.3 Å². The lowest BCUT2D eigenvalue weighted by molar-refractivity contribution is -0.151. The number of hydrogen-bond acceptors (Lipinski definition) is 3. The van der Waals surface area contributed by atoms with Gasteiger partial charge < -0.3 is 4.74 Å². The largest absolute Gasteiger partial charge is 0.465 e. The van der Waals surface area contributed by atoms with Gasteiger partial charge in [-0.15, -0.1) is 0 Å². The average Bonchev–Trinajstić information content (AvgIpc) is 2.36. The molecular weight excluding hydrogens is 240 g/mol. The number of benzene rings is 1. The fourth-order valence-corrected chi connectivity index (χ4v) is 1.91. The van der Waals surface area contributed by atoms with Gasteiger partial charge in [-0.1, -0.05) is 38.1 Å². The lowest BCUT2D eigenvalue weighted by atomic mass is 9.94. The lowest BCUT2D eigenvalue weighted by Crippen LogP contribution is -2.26. The van der Waals surface area contributed by atoms with E-state index in [0.29, 0.717) is 18.9 Å². The van der Waals surface area contributed by atoms with Crippen molar-refractivity contribution in [1.82, 2.24) is 0 Å². The topological polar surface area (TPSA) is 43.4 Å². The smallest absolute Gasteiger partial charge is 0.316 e. The standard InChI is InChI=1S/C16H22O3/c1-5-19-16(18)15(12(4)17)10-13-6-8-14(9-7-13)11(2)3/h6-9,11,15H,5,10H2,1-4H3. The molecule has 1 aromatic carbocycles. The molecule has 0 heterocycles. The Hall–Kier alpha value is -1.64. The zero-order chi connectivity index (χ0) is 14.4. The molecule has 0 spiro atoms. The first-order valence-corrected chi connectivity index (χ1v) is 6.71. The van der Waals surface area contributed by atoms with E-state index in [9.17, 15) is 9.59 Å². The summed E-state index contributed by atoms with van der Waals surface area (Å²) < 4.78 is 4.94. The van der Waals surface area contributed by atoms with Crippen LogP contribution < -0.4 is 0 Å². The van der Waals surface area contributed by atoms with Crippen molar-refractivity contribution in [2.24, 2.45) is 5.92 Å². The van der Waals surface area contributed by atoms with Crippen molar-refractivity contribution in [2.75, 3.05) is 6.61 Å². The molecule has 1 unspecified atom stereocenters. The fourth-order valence-electron chi connectivity index (χ4n) is 1.91. The summed E-state index contributed by atoms with van der Waals surface area (Å²) in [5, 5.41) is 0. The summed E-state index contributed by atoms with van der Waals surface area (Å²) in [5.41, 5.74) is 2.23. The number of rotatable bonds is 6. The number of carbonyl (C=O) groups is 2. The second kappa shape index (κ2) is 7.07. The molecule has 0 aromatic heterocycles. The van der Waals surface area contributed by atoms with E-state index in [-0.39, 0.29) is 5.78 Å². The second-order valence-corrected chi connectivity index (χ2v) is 5.02. The molecule has 0 N–H and O–H groups in total. The molecule has 104 valence electrons. The highest BCUT2D eigenvalue weighted by Gasteiger charge is 2.24. The van der Waals surface area contributed by atoms with Crippen LogP contribution >= 0.6 is 0 Å². The Balaban J connectivity index is 2.79. The molecule has 0 aliphatic carbocycles. The highest BCUT2D eigenvalue weighted by Crippen LogP contribution is 2.17. The van der Waals surface area contributed by atoms with Crippen LogP contribution in [0.1, 0.15) is 44.7 Å². The molecule has 1 aromatic rings. The minimum Gasteiger partial charge on any atom is -0.465 e.